The van der Waals surface area contributed by atoms with Crippen molar-refractivity contribution < 1.29 is 9.59 Å². The first-order valence-corrected chi connectivity index (χ1v) is 12.0. The normalized spacial score (nSPS) is 15.9. The van der Waals surface area contributed by atoms with Crippen LogP contribution in [0.25, 0.3) is 17.0 Å². The smallest absolute Gasteiger partial charge is 0.279 e. The van der Waals surface area contributed by atoms with Gasteiger partial charge < -0.3 is 9.88 Å². The van der Waals surface area contributed by atoms with E-state index in [1.807, 2.05) is 54.7 Å². The molecule has 3 aromatic carbocycles. The van der Waals surface area contributed by atoms with E-state index in [0.717, 1.165) is 33.8 Å². The number of thioether (sulfide) groups is 1. The van der Waals surface area contributed by atoms with Gasteiger partial charge in [-0.2, -0.15) is 4.99 Å². The van der Waals surface area contributed by atoms with Gasteiger partial charge in [0.15, 0.2) is 5.17 Å². The van der Waals surface area contributed by atoms with Crippen LogP contribution in [0.2, 0.25) is 10.0 Å². The third-order valence-electron chi connectivity index (χ3n) is 5.32. The highest BCUT2D eigenvalue weighted by molar-refractivity contribution is 8.18. The number of halogens is 2. The second kappa shape index (κ2) is 9.50. The van der Waals surface area contributed by atoms with Crippen molar-refractivity contribution in [3.05, 3.63) is 111 Å². The molecule has 0 aliphatic carbocycles. The number of aliphatic imine (C=N–C) groups is 1. The average molecular weight is 506 g/mol. The third-order valence-corrected chi connectivity index (χ3v) is 6.97. The van der Waals surface area contributed by atoms with Gasteiger partial charge in [-0.15, -0.1) is 0 Å². The molecule has 5 nitrogen and oxygen atoms in total. The van der Waals surface area contributed by atoms with Crippen molar-refractivity contribution in [2.45, 2.75) is 6.54 Å². The van der Waals surface area contributed by atoms with Gasteiger partial charge in [0.05, 0.1) is 15.0 Å². The van der Waals surface area contributed by atoms with Crippen molar-refractivity contribution in [1.29, 1.82) is 0 Å². The maximum Gasteiger partial charge on any atom is 0.279 e. The molecular formula is C26H17Cl2N3O2S. The van der Waals surface area contributed by atoms with Crippen molar-refractivity contribution in [3.8, 4) is 0 Å². The number of hydrogen-bond donors (Lipinski definition) is 1. The molecular weight excluding hydrogens is 489 g/mol. The quantitative estimate of drug-likeness (QED) is 0.326. The number of fused-ring (bicyclic) bond motifs is 1. The Hall–Kier alpha value is -3.32. The van der Waals surface area contributed by atoms with E-state index in [4.69, 9.17) is 23.2 Å². The summed E-state index contributed by atoms with van der Waals surface area (Å²) in [4.78, 5) is 29.5. The molecule has 0 spiro atoms. The molecule has 1 aliphatic rings. The van der Waals surface area contributed by atoms with E-state index in [1.54, 1.807) is 30.3 Å². The lowest BCUT2D eigenvalue weighted by atomic mass is 10.1. The van der Waals surface area contributed by atoms with Crippen molar-refractivity contribution in [2.24, 2.45) is 4.99 Å². The van der Waals surface area contributed by atoms with Crippen LogP contribution in [0.15, 0.2) is 88.9 Å². The summed E-state index contributed by atoms with van der Waals surface area (Å²) in [7, 11) is 0. The highest BCUT2D eigenvalue weighted by Crippen LogP contribution is 2.31. The Morgan fingerprint density at radius 3 is 2.56 bits per heavy atom. The van der Waals surface area contributed by atoms with Crippen LogP contribution in [-0.2, 0) is 11.3 Å². The number of nitrogens with zero attached hydrogens (tertiary/aromatic N) is 2. The first kappa shape index (κ1) is 22.5. The molecule has 0 radical (unpaired) electrons. The summed E-state index contributed by atoms with van der Waals surface area (Å²) < 4.78 is 2.10. The van der Waals surface area contributed by atoms with Gasteiger partial charge in [-0.25, -0.2) is 0 Å². The first-order chi connectivity index (χ1) is 16.5. The number of amides is 2. The summed E-state index contributed by atoms with van der Waals surface area (Å²) in [5, 5.41) is 4.98. The van der Waals surface area contributed by atoms with E-state index in [0.29, 0.717) is 27.1 Å². The molecule has 4 aromatic rings. The standard InChI is InChI=1S/C26H17Cl2N3O2S/c27-20-11-10-16(12-21(20)28)14-31-15-18(19-8-4-5-9-22(19)31)13-23-25(33)30-26(34-23)29-24(32)17-6-2-1-3-7-17/h1-13,15H,14H2,(H,29,30,32,33)/b23-13-. The summed E-state index contributed by atoms with van der Waals surface area (Å²) in [6.45, 7) is 0.595. The second-order valence-electron chi connectivity index (χ2n) is 7.63. The fourth-order valence-electron chi connectivity index (χ4n) is 3.71. The lowest BCUT2D eigenvalue weighted by molar-refractivity contribution is -0.115. The topological polar surface area (TPSA) is 63.5 Å². The molecule has 1 saturated heterocycles. The molecule has 5 rings (SSSR count). The van der Waals surface area contributed by atoms with Gasteiger partial charge in [-0.1, -0.05) is 65.7 Å². The monoisotopic (exact) mass is 505 g/mol. The Morgan fingerprint density at radius 1 is 1.00 bits per heavy atom. The number of rotatable bonds is 4. The van der Waals surface area contributed by atoms with Crippen molar-refractivity contribution in [2.75, 3.05) is 0 Å². The highest BCUT2D eigenvalue weighted by Gasteiger charge is 2.25. The average Bonchev–Trinajstić information content (AvgIpc) is 3.36. The molecule has 0 unspecified atom stereocenters. The zero-order chi connectivity index (χ0) is 23.7. The molecule has 168 valence electrons. The molecule has 0 atom stereocenters. The van der Waals surface area contributed by atoms with E-state index < -0.39 is 5.91 Å². The zero-order valence-corrected chi connectivity index (χ0v) is 20.0. The Bertz CT molecular complexity index is 1490. The van der Waals surface area contributed by atoms with E-state index >= 15 is 0 Å². The van der Waals surface area contributed by atoms with Gasteiger partial charge in [0.25, 0.3) is 11.8 Å². The molecule has 34 heavy (non-hydrogen) atoms. The molecule has 0 saturated carbocycles. The molecule has 2 heterocycles. The summed E-state index contributed by atoms with van der Waals surface area (Å²) in [5.41, 5.74) is 3.39. The summed E-state index contributed by atoms with van der Waals surface area (Å²) in [6.07, 6.45) is 3.82. The van der Waals surface area contributed by atoms with Gasteiger partial charge in [-0.05, 0) is 53.7 Å². The second-order valence-corrected chi connectivity index (χ2v) is 9.48. The number of carbonyl (C=O) groups excluding carboxylic acids is 2. The highest BCUT2D eigenvalue weighted by atomic mass is 35.5. The largest absolute Gasteiger partial charge is 0.342 e. The van der Waals surface area contributed by atoms with E-state index in [1.165, 1.54) is 0 Å². The molecule has 2 amide bonds. The Labute approximate surface area is 210 Å². The molecule has 1 N–H and O–H groups in total. The van der Waals surface area contributed by atoms with Crippen LogP contribution < -0.4 is 5.32 Å². The Morgan fingerprint density at radius 2 is 1.76 bits per heavy atom. The lowest BCUT2D eigenvalue weighted by Gasteiger charge is -2.06. The van der Waals surface area contributed by atoms with Gasteiger partial charge in [0.2, 0.25) is 0 Å². The van der Waals surface area contributed by atoms with Gasteiger partial charge in [0.1, 0.15) is 0 Å². The minimum Gasteiger partial charge on any atom is -0.342 e. The van der Waals surface area contributed by atoms with Crippen molar-refractivity contribution >= 4 is 68.9 Å². The number of aromatic nitrogens is 1. The predicted octanol–water partition coefficient (Wildman–Crippen LogP) is 6.40. The molecule has 1 fully saturated rings. The van der Waals surface area contributed by atoms with Crippen molar-refractivity contribution in [1.82, 2.24) is 9.88 Å². The predicted molar refractivity (Wildman–Crippen MR) is 139 cm³/mol. The van der Waals surface area contributed by atoms with Crippen LogP contribution in [0.3, 0.4) is 0 Å². The van der Waals surface area contributed by atoms with Gasteiger partial charge >= 0.3 is 0 Å². The minimum atomic E-state index is -0.400. The van der Waals surface area contributed by atoms with Crippen LogP contribution in [-0.4, -0.2) is 21.5 Å². The zero-order valence-electron chi connectivity index (χ0n) is 17.7. The molecule has 8 heteroatoms. The minimum absolute atomic E-state index is 0.268. The van der Waals surface area contributed by atoms with Crippen LogP contribution in [0.4, 0.5) is 0 Å². The van der Waals surface area contributed by atoms with Gasteiger partial charge in [0, 0.05) is 34.8 Å². The lowest BCUT2D eigenvalue weighted by Crippen LogP contribution is -2.20. The summed E-state index contributed by atoms with van der Waals surface area (Å²) in [5.74, 6) is -0.686. The van der Waals surface area contributed by atoms with E-state index in [-0.39, 0.29) is 11.1 Å². The number of nitrogens with one attached hydrogen (secondary N) is 1. The molecule has 1 aromatic heterocycles. The maximum atomic E-state index is 12.6. The van der Waals surface area contributed by atoms with Crippen LogP contribution in [0, 0.1) is 0 Å². The fraction of sp³-hybridized carbons (Fsp3) is 0.0385. The third kappa shape index (κ3) is 4.66. The van der Waals surface area contributed by atoms with Crippen molar-refractivity contribution in [3.63, 3.8) is 0 Å². The SMILES string of the molecule is O=C1NC(=NC(=O)c2ccccc2)S/C1=C\c1cn(Cc2ccc(Cl)c(Cl)c2)c2ccccc12. The number of hydrogen-bond acceptors (Lipinski definition) is 3. The van der Waals surface area contributed by atoms with Crippen LogP contribution in [0.1, 0.15) is 21.5 Å². The van der Waals surface area contributed by atoms with Crippen LogP contribution in [0.5, 0.6) is 0 Å². The summed E-state index contributed by atoms with van der Waals surface area (Å²) >= 11 is 13.4. The number of para-hydroxylation sites is 1. The first-order valence-electron chi connectivity index (χ1n) is 10.4. The number of carbonyl (C=O) groups is 2. The van der Waals surface area contributed by atoms with Gasteiger partial charge in [-0.3, -0.25) is 9.59 Å². The number of benzene rings is 3. The van der Waals surface area contributed by atoms with E-state index in [9.17, 15) is 9.59 Å². The summed E-state index contributed by atoms with van der Waals surface area (Å²) in [6, 6.07) is 22.3. The Kier molecular flexibility index (Phi) is 6.28. The van der Waals surface area contributed by atoms with E-state index in [2.05, 4.69) is 14.9 Å². The Balaban J connectivity index is 1.45. The molecule has 0 bridgehead atoms. The molecule has 1 aliphatic heterocycles. The number of amidine groups is 1. The maximum absolute atomic E-state index is 12.6. The fourth-order valence-corrected chi connectivity index (χ4v) is 4.85. The van der Waals surface area contributed by atoms with Crippen LogP contribution >= 0.6 is 35.0 Å².